The second-order valence-electron chi connectivity index (χ2n) is 7.54. The zero-order valence-corrected chi connectivity index (χ0v) is 19.1. The Morgan fingerprint density at radius 1 is 0.741 bits per heavy atom. The Kier molecular flexibility index (Phi) is 5.77. The largest absolute Gasteiger partial charge is 0.496 e. The molecule has 3 rings (SSSR count). The van der Waals surface area contributed by atoms with Crippen molar-refractivity contribution < 1.29 is 9.47 Å². The number of hydrogen-bond donors (Lipinski definition) is 0. The highest BCUT2D eigenvalue weighted by Crippen LogP contribution is 2.43. The minimum absolute atomic E-state index is 0.807. The first-order valence-electron chi connectivity index (χ1n) is 8.97. The van der Waals surface area contributed by atoms with Crippen LogP contribution in [0.1, 0.15) is 0 Å². The maximum atomic E-state index is 5.68. The topological polar surface area (TPSA) is 18.5 Å². The Bertz CT molecular complexity index is 924. The Morgan fingerprint density at radius 2 is 1.33 bits per heavy atom. The third-order valence-electron chi connectivity index (χ3n) is 4.68. The molecule has 0 aliphatic heterocycles. The molecule has 0 spiro atoms. The molecule has 0 unspecified atom stereocenters. The van der Waals surface area contributed by atoms with E-state index < -0.39 is 8.07 Å². The van der Waals surface area contributed by atoms with Crippen molar-refractivity contribution in [1.82, 2.24) is 0 Å². The fourth-order valence-electron chi connectivity index (χ4n) is 3.27. The molecule has 0 saturated carbocycles. The quantitative estimate of drug-likeness (QED) is 0.430. The van der Waals surface area contributed by atoms with Crippen LogP contribution < -0.4 is 14.7 Å². The van der Waals surface area contributed by atoms with Crippen LogP contribution in [0.4, 0.5) is 0 Å². The summed E-state index contributed by atoms with van der Waals surface area (Å²) in [5, 5.41) is 1.38. The van der Waals surface area contributed by atoms with Crippen LogP contribution in [0.3, 0.4) is 0 Å². The summed E-state index contributed by atoms with van der Waals surface area (Å²) in [6.45, 7) is 7.10. The summed E-state index contributed by atoms with van der Waals surface area (Å²) in [4.78, 5) is 0. The van der Waals surface area contributed by atoms with Gasteiger partial charge in [0.2, 0.25) is 0 Å². The SMILES string of the molecule is COc1cccc(OC)c1-c1cc(-c2ccccc2)cc([Si](C)(C)C)c1Br. The van der Waals surface area contributed by atoms with E-state index in [1.54, 1.807) is 14.2 Å². The van der Waals surface area contributed by atoms with Crippen LogP contribution in [0.15, 0.2) is 65.1 Å². The van der Waals surface area contributed by atoms with Gasteiger partial charge in [0.1, 0.15) is 11.5 Å². The van der Waals surface area contributed by atoms with E-state index in [9.17, 15) is 0 Å². The number of hydrogen-bond acceptors (Lipinski definition) is 2. The molecule has 0 aliphatic carbocycles. The molecule has 27 heavy (non-hydrogen) atoms. The summed E-state index contributed by atoms with van der Waals surface area (Å²) in [5.74, 6) is 1.61. The molecule has 0 heterocycles. The van der Waals surface area contributed by atoms with E-state index in [1.807, 2.05) is 24.3 Å². The molecule has 0 aliphatic rings. The fourth-order valence-corrected chi connectivity index (χ4v) is 6.86. The molecule has 0 N–H and O–H groups in total. The van der Waals surface area contributed by atoms with Crippen molar-refractivity contribution in [3.8, 4) is 33.8 Å². The van der Waals surface area contributed by atoms with Gasteiger partial charge in [0.05, 0.1) is 27.9 Å². The summed E-state index contributed by atoms with van der Waals surface area (Å²) in [6.07, 6.45) is 0. The lowest BCUT2D eigenvalue weighted by Gasteiger charge is -2.24. The minimum Gasteiger partial charge on any atom is -0.496 e. The first-order chi connectivity index (χ1) is 12.9. The molecule has 0 saturated heterocycles. The normalized spacial score (nSPS) is 11.3. The van der Waals surface area contributed by atoms with Crippen molar-refractivity contribution in [2.75, 3.05) is 14.2 Å². The van der Waals surface area contributed by atoms with Crippen molar-refractivity contribution in [2.45, 2.75) is 19.6 Å². The van der Waals surface area contributed by atoms with Crippen molar-refractivity contribution in [1.29, 1.82) is 0 Å². The summed E-state index contributed by atoms with van der Waals surface area (Å²) in [6, 6.07) is 21.0. The molecule has 0 fully saturated rings. The molecule has 140 valence electrons. The number of benzene rings is 3. The molecule has 4 heteroatoms. The number of ether oxygens (including phenoxy) is 2. The summed E-state index contributed by atoms with van der Waals surface area (Å²) < 4.78 is 12.5. The summed E-state index contributed by atoms with van der Waals surface area (Å²) in [5.41, 5.74) is 4.49. The minimum atomic E-state index is -1.59. The van der Waals surface area contributed by atoms with Gasteiger partial charge >= 0.3 is 0 Å². The Balaban J connectivity index is 2.37. The van der Waals surface area contributed by atoms with E-state index in [2.05, 4.69) is 72.0 Å². The monoisotopic (exact) mass is 440 g/mol. The number of rotatable bonds is 5. The first-order valence-corrected chi connectivity index (χ1v) is 13.3. The van der Waals surface area contributed by atoms with Gasteiger partial charge in [0.25, 0.3) is 0 Å². The van der Waals surface area contributed by atoms with E-state index in [1.165, 1.54) is 16.3 Å². The highest BCUT2D eigenvalue weighted by Gasteiger charge is 2.25. The van der Waals surface area contributed by atoms with Gasteiger partial charge in [0.15, 0.2) is 0 Å². The zero-order chi connectivity index (χ0) is 19.6. The van der Waals surface area contributed by atoms with E-state index in [0.717, 1.165) is 27.1 Å². The average molecular weight is 441 g/mol. The Hall–Kier alpha value is -2.04. The highest BCUT2D eigenvalue weighted by atomic mass is 79.9. The molecule has 0 aromatic heterocycles. The van der Waals surface area contributed by atoms with Crippen LogP contribution in [0, 0.1) is 0 Å². The fraction of sp³-hybridized carbons (Fsp3) is 0.217. The second kappa shape index (κ2) is 7.91. The van der Waals surface area contributed by atoms with Crippen LogP contribution in [-0.2, 0) is 0 Å². The van der Waals surface area contributed by atoms with E-state index >= 15 is 0 Å². The van der Waals surface area contributed by atoms with Crippen LogP contribution in [-0.4, -0.2) is 22.3 Å². The highest BCUT2D eigenvalue weighted by molar-refractivity contribution is 9.10. The zero-order valence-electron chi connectivity index (χ0n) is 16.5. The van der Waals surface area contributed by atoms with E-state index in [0.29, 0.717) is 0 Å². The predicted octanol–water partition coefficient (Wildman–Crippen LogP) is 6.35. The molecule has 0 radical (unpaired) electrons. The molecule has 3 aromatic carbocycles. The van der Waals surface area contributed by atoms with Crippen molar-refractivity contribution in [3.63, 3.8) is 0 Å². The maximum Gasteiger partial charge on any atom is 0.130 e. The Morgan fingerprint density at radius 3 is 1.85 bits per heavy atom. The van der Waals surface area contributed by atoms with Crippen molar-refractivity contribution >= 4 is 29.2 Å². The third kappa shape index (κ3) is 3.97. The third-order valence-corrected chi connectivity index (χ3v) is 7.92. The number of methoxy groups -OCH3 is 2. The van der Waals surface area contributed by atoms with Gasteiger partial charge in [-0.1, -0.05) is 78.0 Å². The molecule has 0 amide bonds. The van der Waals surface area contributed by atoms with Gasteiger partial charge in [0, 0.05) is 10.0 Å². The molecular weight excluding hydrogens is 416 g/mol. The van der Waals surface area contributed by atoms with Crippen LogP contribution in [0.5, 0.6) is 11.5 Å². The number of halogens is 1. The van der Waals surface area contributed by atoms with Crippen LogP contribution >= 0.6 is 15.9 Å². The molecule has 0 bridgehead atoms. The van der Waals surface area contributed by atoms with Crippen LogP contribution in [0.2, 0.25) is 19.6 Å². The van der Waals surface area contributed by atoms with Crippen LogP contribution in [0.25, 0.3) is 22.3 Å². The van der Waals surface area contributed by atoms with Gasteiger partial charge in [-0.15, -0.1) is 0 Å². The van der Waals surface area contributed by atoms with Gasteiger partial charge in [-0.05, 0) is 34.5 Å². The van der Waals surface area contributed by atoms with E-state index in [-0.39, 0.29) is 0 Å². The van der Waals surface area contributed by atoms with Gasteiger partial charge < -0.3 is 9.47 Å². The predicted molar refractivity (Wildman–Crippen MR) is 121 cm³/mol. The summed E-state index contributed by atoms with van der Waals surface area (Å²) in [7, 11) is 1.81. The maximum absolute atomic E-state index is 5.68. The second-order valence-corrected chi connectivity index (χ2v) is 13.4. The first kappa shape index (κ1) is 19.7. The average Bonchev–Trinajstić information content (AvgIpc) is 2.67. The smallest absolute Gasteiger partial charge is 0.130 e. The lowest BCUT2D eigenvalue weighted by Crippen LogP contribution is -2.39. The van der Waals surface area contributed by atoms with Gasteiger partial charge in [-0.2, -0.15) is 0 Å². The lowest BCUT2D eigenvalue weighted by atomic mass is 9.97. The molecular formula is C23H25BrO2Si. The van der Waals surface area contributed by atoms with Gasteiger partial charge in [-0.25, -0.2) is 0 Å². The standard InChI is InChI=1S/C23H25BrO2Si/c1-25-19-12-9-13-20(26-2)22(19)18-14-17(16-10-7-6-8-11-16)15-21(23(18)24)27(3,4)5/h6-15H,1-5H3. The molecule has 3 aromatic rings. The lowest BCUT2D eigenvalue weighted by molar-refractivity contribution is 0.397. The van der Waals surface area contributed by atoms with Crippen molar-refractivity contribution in [2.24, 2.45) is 0 Å². The summed E-state index contributed by atoms with van der Waals surface area (Å²) >= 11 is 3.91. The molecule has 2 nitrogen and oxygen atoms in total. The molecule has 0 atom stereocenters. The van der Waals surface area contributed by atoms with E-state index in [4.69, 9.17) is 9.47 Å². The van der Waals surface area contributed by atoms with Gasteiger partial charge in [-0.3, -0.25) is 0 Å². The Labute approximate surface area is 171 Å². The van der Waals surface area contributed by atoms with Crippen molar-refractivity contribution in [3.05, 3.63) is 65.1 Å².